The third-order valence-electron chi connectivity index (χ3n) is 2.02. The van der Waals surface area contributed by atoms with Crippen molar-refractivity contribution in [1.82, 2.24) is 0 Å². The fraction of sp³-hybridized carbons (Fsp3) is 0.200. The van der Waals surface area contributed by atoms with Gasteiger partial charge in [-0.1, -0.05) is 12.1 Å². The van der Waals surface area contributed by atoms with E-state index in [1.807, 2.05) is 0 Å². The van der Waals surface area contributed by atoms with E-state index in [4.69, 9.17) is 16.3 Å². The van der Waals surface area contributed by atoms with Crippen molar-refractivity contribution in [1.29, 1.82) is 10.5 Å². The minimum atomic E-state index is -4.64. The summed E-state index contributed by atoms with van der Waals surface area (Å²) in [7, 11) is 0. The fourth-order valence-electron chi connectivity index (χ4n) is 1.22. The molecule has 0 saturated heterocycles. The van der Waals surface area contributed by atoms with Crippen LogP contribution in [0.2, 0.25) is 0 Å². The second kappa shape index (κ2) is 4.21. The first-order valence-corrected chi connectivity index (χ1v) is 4.17. The van der Waals surface area contributed by atoms with Crippen molar-refractivity contribution in [2.24, 2.45) is 5.73 Å². The quantitative estimate of drug-likeness (QED) is 0.794. The third-order valence-corrected chi connectivity index (χ3v) is 2.02. The van der Waals surface area contributed by atoms with Crippen molar-refractivity contribution < 1.29 is 13.2 Å². The molecule has 0 bridgehead atoms. The van der Waals surface area contributed by atoms with Crippen LogP contribution in [0.3, 0.4) is 0 Å². The lowest BCUT2D eigenvalue weighted by Crippen LogP contribution is -2.29. The van der Waals surface area contributed by atoms with Crippen molar-refractivity contribution in [2.45, 2.75) is 12.2 Å². The Labute approximate surface area is 89.5 Å². The van der Waals surface area contributed by atoms with Crippen LogP contribution in [0.25, 0.3) is 0 Å². The molecule has 0 aliphatic heterocycles. The molecule has 1 aromatic rings. The predicted octanol–water partition coefficient (Wildman–Crippen LogP) is 1.99. The van der Waals surface area contributed by atoms with Gasteiger partial charge < -0.3 is 5.73 Å². The highest BCUT2D eigenvalue weighted by molar-refractivity contribution is 5.51. The lowest BCUT2D eigenvalue weighted by atomic mass is 9.97. The second-order valence-electron chi connectivity index (χ2n) is 3.01. The number of hydrogen-bond acceptors (Lipinski definition) is 3. The van der Waals surface area contributed by atoms with E-state index in [0.717, 1.165) is 6.07 Å². The summed E-state index contributed by atoms with van der Waals surface area (Å²) in [6.45, 7) is 0. The first-order valence-electron chi connectivity index (χ1n) is 4.17. The zero-order valence-corrected chi connectivity index (χ0v) is 7.92. The molecule has 3 nitrogen and oxygen atoms in total. The molecule has 82 valence electrons. The number of benzene rings is 1. The lowest BCUT2D eigenvalue weighted by molar-refractivity contribution is -0.149. The smallest absolute Gasteiger partial charge is 0.316 e. The summed E-state index contributed by atoms with van der Waals surface area (Å²) in [5.41, 5.74) is 4.17. The molecule has 0 fully saturated rings. The average molecular weight is 225 g/mol. The molecule has 0 spiro atoms. The number of halogens is 3. The number of rotatable bonds is 1. The zero-order valence-electron chi connectivity index (χ0n) is 7.92. The Balaban J connectivity index is 3.37. The van der Waals surface area contributed by atoms with E-state index < -0.39 is 12.2 Å². The van der Waals surface area contributed by atoms with Crippen LogP contribution >= 0.6 is 0 Å². The summed E-state index contributed by atoms with van der Waals surface area (Å²) in [5.74, 6) is 0. The first-order chi connectivity index (χ1) is 7.41. The Morgan fingerprint density at radius 3 is 2.25 bits per heavy atom. The van der Waals surface area contributed by atoms with Crippen molar-refractivity contribution in [2.75, 3.05) is 0 Å². The minimum absolute atomic E-state index is 0.111. The van der Waals surface area contributed by atoms with Crippen LogP contribution in [-0.4, -0.2) is 6.18 Å². The molecule has 0 heterocycles. The first kappa shape index (κ1) is 12.0. The van der Waals surface area contributed by atoms with E-state index in [1.165, 1.54) is 12.1 Å². The number of nitrogens with two attached hydrogens (primary N) is 1. The van der Waals surface area contributed by atoms with Gasteiger partial charge in [0.1, 0.15) is 18.2 Å². The minimum Gasteiger partial charge on any atom is -0.316 e. The van der Waals surface area contributed by atoms with Crippen LogP contribution in [0.15, 0.2) is 18.2 Å². The molecule has 6 heteroatoms. The molecule has 0 aromatic heterocycles. The Kier molecular flexibility index (Phi) is 3.17. The largest absolute Gasteiger partial charge is 0.407 e. The number of alkyl halides is 3. The van der Waals surface area contributed by atoms with E-state index >= 15 is 0 Å². The van der Waals surface area contributed by atoms with Crippen LogP contribution in [0.4, 0.5) is 13.2 Å². The maximum atomic E-state index is 12.4. The standard InChI is InChI=1S/C10H6F3N3/c11-10(12,13)9(16)7-3-1-2-6(4-14)8(7)5-15/h1-3,9H,16H2/t9-/m1/s1. The highest BCUT2D eigenvalue weighted by Gasteiger charge is 2.39. The molecule has 1 aromatic carbocycles. The van der Waals surface area contributed by atoms with Gasteiger partial charge in [-0.05, 0) is 11.6 Å². The molecule has 1 rings (SSSR count). The molecule has 0 amide bonds. The fourth-order valence-corrected chi connectivity index (χ4v) is 1.22. The number of nitriles is 2. The van der Waals surface area contributed by atoms with Crippen molar-refractivity contribution in [3.8, 4) is 12.1 Å². The van der Waals surface area contributed by atoms with Crippen molar-refractivity contribution in [3.63, 3.8) is 0 Å². The summed E-state index contributed by atoms with van der Waals surface area (Å²) in [5, 5.41) is 17.4. The summed E-state index contributed by atoms with van der Waals surface area (Å²) >= 11 is 0. The van der Waals surface area contributed by atoms with Crippen molar-refractivity contribution >= 4 is 0 Å². The van der Waals surface area contributed by atoms with Gasteiger partial charge in [-0.3, -0.25) is 0 Å². The summed E-state index contributed by atoms with van der Waals surface area (Å²) in [6, 6.07) is 4.59. The Morgan fingerprint density at radius 2 is 1.81 bits per heavy atom. The normalized spacial score (nSPS) is 12.6. The van der Waals surface area contributed by atoms with E-state index in [2.05, 4.69) is 0 Å². The van der Waals surface area contributed by atoms with Gasteiger partial charge in [0.05, 0.1) is 11.1 Å². The lowest BCUT2D eigenvalue weighted by Gasteiger charge is -2.17. The van der Waals surface area contributed by atoms with Crippen LogP contribution < -0.4 is 5.73 Å². The van der Waals surface area contributed by atoms with E-state index in [9.17, 15) is 13.2 Å². The molecular weight excluding hydrogens is 219 g/mol. The topological polar surface area (TPSA) is 73.6 Å². The second-order valence-corrected chi connectivity index (χ2v) is 3.01. The van der Waals surface area contributed by atoms with E-state index in [0.29, 0.717) is 0 Å². The molecule has 0 saturated carbocycles. The molecule has 2 N–H and O–H groups in total. The maximum Gasteiger partial charge on any atom is 0.407 e. The van der Waals surface area contributed by atoms with Gasteiger partial charge >= 0.3 is 6.18 Å². The average Bonchev–Trinajstić information content (AvgIpc) is 2.25. The van der Waals surface area contributed by atoms with Crippen LogP contribution in [0.1, 0.15) is 22.7 Å². The van der Waals surface area contributed by atoms with E-state index in [1.54, 1.807) is 12.1 Å². The molecule has 0 aliphatic rings. The van der Waals surface area contributed by atoms with Crippen molar-refractivity contribution in [3.05, 3.63) is 34.9 Å². The predicted molar refractivity (Wildman–Crippen MR) is 48.9 cm³/mol. The Hall–Kier alpha value is -2.05. The van der Waals surface area contributed by atoms with Gasteiger partial charge in [0, 0.05) is 0 Å². The van der Waals surface area contributed by atoms with Gasteiger partial charge in [-0.25, -0.2) is 0 Å². The van der Waals surface area contributed by atoms with Gasteiger partial charge in [0.25, 0.3) is 0 Å². The van der Waals surface area contributed by atoms with Crippen LogP contribution in [0, 0.1) is 22.7 Å². The number of hydrogen-bond donors (Lipinski definition) is 1. The van der Waals surface area contributed by atoms with Gasteiger partial charge in [0.15, 0.2) is 0 Å². The number of nitrogens with zero attached hydrogens (tertiary/aromatic N) is 2. The molecule has 1 atom stereocenters. The van der Waals surface area contributed by atoms with Crippen LogP contribution in [-0.2, 0) is 0 Å². The monoisotopic (exact) mass is 225 g/mol. The highest BCUT2D eigenvalue weighted by Crippen LogP contribution is 2.32. The summed E-state index contributed by atoms with van der Waals surface area (Å²) < 4.78 is 37.1. The molecule has 16 heavy (non-hydrogen) atoms. The molecule has 0 unspecified atom stereocenters. The summed E-state index contributed by atoms with van der Waals surface area (Å²) in [4.78, 5) is 0. The highest BCUT2D eigenvalue weighted by atomic mass is 19.4. The molecular formula is C10H6F3N3. The van der Waals surface area contributed by atoms with Gasteiger partial charge in [-0.15, -0.1) is 0 Å². The SMILES string of the molecule is N#Cc1cccc([C@@H](N)C(F)(F)F)c1C#N. The summed E-state index contributed by atoms with van der Waals surface area (Å²) in [6.07, 6.45) is -4.64. The zero-order chi connectivity index (χ0) is 12.3. The maximum absolute atomic E-state index is 12.4. The Morgan fingerprint density at radius 1 is 1.19 bits per heavy atom. The van der Waals surface area contributed by atoms with Gasteiger partial charge in [0.2, 0.25) is 0 Å². The molecule has 0 radical (unpaired) electrons. The van der Waals surface area contributed by atoms with E-state index in [-0.39, 0.29) is 16.7 Å². The Bertz CT molecular complexity index is 480. The van der Waals surface area contributed by atoms with Gasteiger partial charge in [-0.2, -0.15) is 23.7 Å². The van der Waals surface area contributed by atoms with Crippen LogP contribution in [0.5, 0.6) is 0 Å². The molecule has 0 aliphatic carbocycles. The third kappa shape index (κ3) is 2.13.